The number of hydrogen-bond donors (Lipinski definition) is 1. The van der Waals surface area contributed by atoms with E-state index in [1.807, 2.05) is 6.92 Å². The average molecular weight is 372 g/mol. The van der Waals surface area contributed by atoms with E-state index in [0.29, 0.717) is 35.9 Å². The minimum absolute atomic E-state index is 0.00152. The van der Waals surface area contributed by atoms with Crippen LogP contribution in [0.5, 0.6) is 0 Å². The van der Waals surface area contributed by atoms with Crippen LogP contribution in [0, 0.1) is 63.1 Å². The molecule has 1 N–H and O–H groups in total. The average Bonchev–Trinajstić information content (AvgIpc) is 2.88. The maximum atomic E-state index is 13.0. The van der Waals surface area contributed by atoms with Gasteiger partial charge in [-0.3, -0.25) is 4.79 Å². The second-order valence-electron chi connectivity index (χ2n) is 11.4. The first-order valence-electron chi connectivity index (χ1n) is 11.2. The number of nitriles is 1. The van der Waals surface area contributed by atoms with E-state index in [-0.39, 0.29) is 34.2 Å². The predicted octanol–water partition coefficient (Wildman–Crippen LogP) is 4.98. The molecule has 4 aliphatic carbocycles. The SMILES string of the molecule is C[C@H]1CC[C@]2(C)[C@H]3CC[C@]4(C)[C@@H]([C@H](C)C#N)C(=O)C[C@H]4[C@@H]3C[C@H](O)[C@@]2(C)C1. The molecule has 0 aliphatic heterocycles. The largest absolute Gasteiger partial charge is 0.393 e. The predicted molar refractivity (Wildman–Crippen MR) is 106 cm³/mol. The molecule has 4 aliphatic rings. The van der Waals surface area contributed by atoms with E-state index >= 15 is 0 Å². The van der Waals surface area contributed by atoms with Gasteiger partial charge in [0, 0.05) is 12.3 Å². The summed E-state index contributed by atoms with van der Waals surface area (Å²) in [5.74, 6) is 2.08. The fraction of sp³-hybridized carbons (Fsp3) is 0.917. The molecule has 0 bridgehead atoms. The Bertz CT molecular complexity index is 682. The zero-order chi connectivity index (χ0) is 19.8. The van der Waals surface area contributed by atoms with E-state index in [9.17, 15) is 15.2 Å². The molecule has 0 aromatic carbocycles. The van der Waals surface area contributed by atoms with Gasteiger partial charge in [0.1, 0.15) is 5.78 Å². The van der Waals surface area contributed by atoms with Crippen LogP contribution in [0.15, 0.2) is 0 Å². The van der Waals surface area contributed by atoms with Crippen LogP contribution in [0.2, 0.25) is 0 Å². The molecule has 150 valence electrons. The van der Waals surface area contributed by atoms with Gasteiger partial charge in [0.2, 0.25) is 0 Å². The summed E-state index contributed by atoms with van der Waals surface area (Å²) >= 11 is 0. The maximum Gasteiger partial charge on any atom is 0.138 e. The Hall–Kier alpha value is -0.880. The van der Waals surface area contributed by atoms with Crippen LogP contribution in [-0.4, -0.2) is 17.0 Å². The lowest BCUT2D eigenvalue weighted by Crippen LogP contribution is -2.62. The van der Waals surface area contributed by atoms with Crippen LogP contribution in [0.1, 0.15) is 79.6 Å². The molecule has 0 amide bonds. The molecular formula is C24H37NO2. The number of carbonyl (C=O) groups excluding carboxylic acids is 1. The monoisotopic (exact) mass is 371 g/mol. The Kier molecular flexibility index (Phi) is 4.36. The first kappa shape index (κ1) is 19.4. The van der Waals surface area contributed by atoms with Crippen molar-refractivity contribution in [3.63, 3.8) is 0 Å². The van der Waals surface area contributed by atoms with E-state index in [4.69, 9.17) is 0 Å². The minimum Gasteiger partial charge on any atom is -0.393 e. The van der Waals surface area contributed by atoms with Gasteiger partial charge in [-0.1, -0.05) is 34.1 Å². The van der Waals surface area contributed by atoms with Crippen LogP contribution >= 0.6 is 0 Å². The molecule has 0 radical (unpaired) electrons. The first-order chi connectivity index (χ1) is 12.6. The number of fused-ring (bicyclic) bond motifs is 5. The molecule has 0 heterocycles. The third-order valence-corrected chi connectivity index (χ3v) is 10.3. The molecule has 0 unspecified atom stereocenters. The molecule has 4 saturated carbocycles. The molecule has 0 saturated heterocycles. The Labute approximate surface area is 164 Å². The van der Waals surface area contributed by atoms with Crippen LogP contribution in [0.3, 0.4) is 0 Å². The summed E-state index contributed by atoms with van der Waals surface area (Å²) in [6, 6.07) is 2.37. The lowest BCUT2D eigenvalue weighted by molar-refractivity contribution is -0.212. The summed E-state index contributed by atoms with van der Waals surface area (Å²) in [6.45, 7) is 11.3. The molecule has 27 heavy (non-hydrogen) atoms. The third kappa shape index (κ3) is 2.38. The van der Waals surface area contributed by atoms with Gasteiger partial charge in [0.25, 0.3) is 0 Å². The number of nitrogens with zero attached hydrogens (tertiary/aromatic N) is 1. The number of rotatable bonds is 1. The minimum atomic E-state index is -0.267. The van der Waals surface area contributed by atoms with Crippen molar-refractivity contribution < 1.29 is 9.90 Å². The number of aliphatic hydroxyl groups excluding tert-OH is 1. The van der Waals surface area contributed by atoms with Crippen LogP contribution < -0.4 is 0 Å². The molecule has 3 heteroatoms. The van der Waals surface area contributed by atoms with Crippen LogP contribution in [0.25, 0.3) is 0 Å². The Balaban J connectivity index is 1.71. The van der Waals surface area contributed by atoms with Gasteiger partial charge >= 0.3 is 0 Å². The zero-order valence-electron chi connectivity index (χ0n) is 17.8. The van der Waals surface area contributed by atoms with Crippen LogP contribution in [-0.2, 0) is 4.79 Å². The smallest absolute Gasteiger partial charge is 0.138 e. The molecule has 3 nitrogen and oxygen atoms in total. The summed E-state index contributed by atoms with van der Waals surface area (Å²) in [6.07, 6.45) is 7.04. The molecule has 0 aromatic rings. The highest BCUT2D eigenvalue weighted by Gasteiger charge is 2.67. The summed E-state index contributed by atoms with van der Waals surface area (Å²) in [5, 5.41) is 20.8. The highest BCUT2D eigenvalue weighted by Crippen LogP contribution is 2.71. The maximum absolute atomic E-state index is 13.0. The lowest BCUT2D eigenvalue weighted by atomic mass is 9.39. The first-order valence-corrected chi connectivity index (χ1v) is 11.2. The molecule has 4 fully saturated rings. The highest BCUT2D eigenvalue weighted by atomic mass is 16.3. The van der Waals surface area contributed by atoms with Crippen molar-refractivity contribution in [2.75, 3.05) is 0 Å². The second-order valence-corrected chi connectivity index (χ2v) is 11.4. The Morgan fingerprint density at radius 1 is 1.15 bits per heavy atom. The number of carbonyl (C=O) groups is 1. The Morgan fingerprint density at radius 2 is 1.85 bits per heavy atom. The summed E-state index contributed by atoms with van der Waals surface area (Å²) in [4.78, 5) is 13.0. The molecule has 4 rings (SSSR count). The lowest BCUT2D eigenvalue weighted by Gasteiger charge is -2.66. The number of ketones is 1. The summed E-state index contributed by atoms with van der Waals surface area (Å²) < 4.78 is 0. The summed E-state index contributed by atoms with van der Waals surface area (Å²) in [7, 11) is 0. The topological polar surface area (TPSA) is 61.1 Å². The number of hydrogen-bond acceptors (Lipinski definition) is 3. The van der Waals surface area contributed by atoms with Crippen molar-refractivity contribution in [3.05, 3.63) is 0 Å². The van der Waals surface area contributed by atoms with E-state index in [0.717, 1.165) is 25.7 Å². The fourth-order valence-corrected chi connectivity index (χ4v) is 8.70. The standard InChI is InChI=1S/C24H37NO2/c1-14-6-9-23(4)17-7-8-22(3)18(11-19(26)21(22)15(2)13-25)16(17)10-20(27)24(23,5)12-14/h14-18,20-21,27H,6-12H2,1-5H3/t14-,15+,16+,17-,18-,20-,21-,22-,23+,24+/m0/s1. The van der Waals surface area contributed by atoms with Crippen molar-refractivity contribution in [1.29, 1.82) is 5.26 Å². The molecule has 10 atom stereocenters. The van der Waals surface area contributed by atoms with Gasteiger partial charge in [-0.15, -0.1) is 0 Å². The third-order valence-electron chi connectivity index (χ3n) is 10.3. The normalized spacial score (nSPS) is 55.8. The van der Waals surface area contributed by atoms with Gasteiger partial charge in [-0.25, -0.2) is 0 Å². The second kappa shape index (κ2) is 6.06. The van der Waals surface area contributed by atoms with E-state index < -0.39 is 0 Å². The fourth-order valence-electron chi connectivity index (χ4n) is 8.70. The van der Waals surface area contributed by atoms with Gasteiger partial charge < -0.3 is 5.11 Å². The van der Waals surface area contributed by atoms with Crippen molar-refractivity contribution >= 4 is 5.78 Å². The molecular weight excluding hydrogens is 334 g/mol. The van der Waals surface area contributed by atoms with Crippen molar-refractivity contribution in [2.45, 2.75) is 85.7 Å². The number of Topliss-reactive ketones (excluding diaryl/α,β-unsaturated/α-hetero) is 1. The van der Waals surface area contributed by atoms with E-state index in [2.05, 4.69) is 33.8 Å². The quantitative estimate of drug-likeness (QED) is 0.707. The van der Waals surface area contributed by atoms with Crippen molar-refractivity contribution in [1.82, 2.24) is 0 Å². The van der Waals surface area contributed by atoms with E-state index in [1.54, 1.807) is 0 Å². The van der Waals surface area contributed by atoms with Crippen molar-refractivity contribution in [3.8, 4) is 6.07 Å². The van der Waals surface area contributed by atoms with Gasteiger partial charge in [-0.05, 0) is 78.9 Å². The Morgan fingerprint density at radius 3 is 2.52 bits per heavy atom. The zero-order valence-corrected chi connectivity index (χ0v) is 17.8. The van der Waals surface area contributed by atoms with Gasteiger partial charge in [-0.2, -0.15) is 5.26 Å². The number of aliphatic hydroxyl groups is 1. The van der Waals surface area contributed by atoms with E-state index in [1.165, 1.54) is 12.8 Å². The molecule has 0 aromatic heterocycles. The van der Waals surface area contributed by atoms with Crippen LogP contribution in [0.4, 0.5) is 0 Å². The molecule has 0 spiro atoms. The summed E-state index contributed by atoms with van der Waals surface area (Å²) in [5.41, 5.74) is 0.117. The van der Waals surface area contributed by atoms with Gasteiger partial charge in [0.15, 0.2) is 0 Å². The van der Waals surface area contributed by atoms with Gasteiger partial charge in [0.05, 0.1) is 18.1 Å². The van der Waals surface area contributed by atoms with Crippen molar-refractivity contribution in [2.24, 2.45) is 51.8 Å². The highest BCUT2D eigenvalue weighted by molar-refractivity contribution is 5.85.